The van der Waals surface area contributed by atoms with Crippen LogP contribution >= 0.6 is 11.6 Å². The van der Waals surface area contributed by atoms with Gasteiger partial charge in [-0.05, 0) is 37.8 Å². The van der Waals surface area contributed by atoms with E-state index in [-0.39, 0.29) is 5.69 Å². The standard InChI is InChI=1S/C14H20ClN3O/c1-10(2)6-7-14(3,19)9-17-13-5-4-11(15)12(8-16)18-13/h4-5,10,19H,6-7,9H2,1-3H3,(H,17,18). The SMILES string of the molecule is CC(C)CCC(C)(O)CNc1ccc(Cl)c(C#N)n1. The van der Waals surface area contributed by atoms with Crippen LogP contribution in [0.4, 0.5) is 5.82 Å². The molecule has 1 aromatic rings. The van der Waals surface area contributed by atoms with Crippen molar-refractivity contribution in [3.63, 3.8) is 0 Å². The number of aliphatic hydroxyl groups is 1. The van der Waals surface area contributed by atoms with E-state index in [0.717, 1.165) is 12.8 Å². The van der Waals surface area contributed by atoms with E-state index in [4.69, 9.17) is 16.9 Å². The van der Waals surface area contributed by atoms with E-state index in [2.05, 4.69) is 24.1 Å². The third-order valence-electron chi connectivity index (χ3n) is 2.86. The normalized spacial score (nSPS) is 13.9. The highest BCUT2D eigenvalue weighted by Crippen LogP contribution is 2.19. The fourth-order valence-electron chi connectivity index (χ4n) is 1.59. The highest BCUT2D eigenvalue weighted by Gasteiger charge is 2.20. The lowest BCUT2D eigenvalue weighted by molar-refractivity contribution is 0.0585. The number of aromatic nitrogens is 1. The Morgan fingerprint density at radius 3 is 2.79 bits per heavy atom. The lowest BCUT2D eigenvalue weighted by Gasteiger charge is -2.24. The summed E-state index contributed by atoms with van der Waals surface area (Å²) < 4.78 is 0. The molecular formula is C14H20ClN3O. The quantitative estimate of drug-likeness (QED) is 0.840. The molecule has 0 saturated carbocycles. The van der Waals surface area contributed by atoms with Crippen molar-refractivity contribution in [2.24, 2.45) is 5.92 Å². The number of nitrogens with one attached hydrogen (secondary N) is 1. The summed E-state index contributed by atoms with van der Waals surface area (Å²) in [6.07, 6.45) is 1.68. The Balaban J connectivity index is 2.59. The van der Waals surface area contributed by atoms with Gasteiger partial charge in [0.05, 0.1) is 10.6 Å². The Bertz CT molecular complexity index is 466. The van der Waals surface area contributed by atoms with Crippen LogP contribution in [0.1, 0.15) is 39.3 Å². The van der Waals surface area contributed by atoms with Crippen LogP contribution in [0.25, 0.3) is 0 Å². The van der Waals surface area contributed by atoms with Crippen LogP contribution in [-0.4, -0.2) is 22.2 Å². The van der Waals surface area contributed by atoms with Gasteiger partial charge in [-0.3, -0.25) is 0 Å². The van der Waals surface area contributed by atoms with Gasteiger partial charge in [0.2, 0.25) is 0 Å². The number of halogens is 1. The zero-order valence-corrected chi connectivity index (χ0v) is 12.3. The van der Waals surface area contributed by atoms with Crippen molar-refractivity contribution in [1.82, 2.24) is 4.98 Å². The molecule has 0 saturated heterocycles. The van der Waals surface area contributed by atoms with Crippen molar-refractivity contribution in [3.8, 4) is 6.07 Å². The molecule has 0 spiro atoms. The molecule has 2 N–H and O–H groups in total. The zero-order valence-electron chi connectivity index (χ0n) is 11.6. The summed E-state index contributed by atoms with van der Waals surface area (Å²) in [5.41, 5.74) is -0.605. The summed E-state index contributed by atoms with van der Waals surface area (Å²) in [6.45, 7) is 6.44. The molecule has 1 heterocycles. The molecular weight excluding hydrogens is 262 g/mol. The molecule has 5 heteroatoms. The van der Waals surface area contributed by atoms with E-state index in [9.17, 15) is 5.11 Å². The van der Waals surface area contributed by atoms with E-state index in [1.54, 1.807) is 19.1 Å². The van der Waals surface area contributed by atoms with E-state index in [1.807, 2.05) is 6.07 Å². The van der Waals surface area contributed by atoms with E-state index >= 15 is 0 Å². The first-order valence-electron chi connectivity index (χ1n) is 6.37. The van der Waals surface area contributed by atoms with Crippen LogP contribution in [0.2, 0.25) is 5.02 Å². The van der Waals surface area contributed by atoms with Gasteiger partial charge in [-0.15, -0.1) is 0 Å². The van der Waals surface area contributed by atoms with Crippen molar-refractivity contribution in [3.05, 3.63) is 22.8 Å². The monoisotopic (exact) mass is 281 g/mol. The second-order valence-corrected chi connectivity index (χ2v) is 5.83. The number of pyridine rings is 1. The molecule has 104 valence electrons. The summed E-state index contributed by atoms with van der Waals surface area (Å²) in [5, 5.41) is 22.4. The molecule has 4 nitrogen and oxygen atoms in total. The zero-order chi connectivity index (χ0) is 14.5. The topological polar surface area (TPSA) is 68.9 Å². The first-order valence-corrected chi connectivity index (χ1v) is 6.75. The first kappa shape index (κ1) is 15.7. The van der Waals surface area contributed by atoms with Crippen LogP contribution in [-0.2, 0) is 0 Å². The second-order valence-electron chi connectivity index (χ2n) is 5.42. The molecule has 0 aliphatic rings. The minimum Gasteiger partial charge on any atom is -0.388 e. The van der Waals surface area contributed by atoms with Crippen LogP contribution in [0, 0.1) is 17.2 Å². The van der Waals surface area contributed by atoms with Gasteiger partial charge >= 0.3 is 0 Å². The van der Waals surface area contributed by atoms with Crippen molar-refractivity contribution >= 4 is 17.4 Å². The van der Waals surface area contributed by atoms with E-state index in [1.165, 1.54) is 0 Å². The number of anilines is 1. The highest BCUT2D eigenvalue weighted by atomic mass is 35.5. The van der Waals surface area contributed by atoms with Gasteiger partial charge in [0.1, 0.15) is 11.9 Å². The second kappa shape index (κ2) is 6.74. The van der Waals surface area contributed by atoms with Crippen molar-refractivity contribution < 1.29 is 5.11 Å². The average molecular weight is 282 g/mol. The Labute approximate surface area is 119 Å². The van der Waals surface area contributed by atoms with Gasteiger partial charge in [-0.25, -0.2) is 4.98 Å². The smallest absolute Gasteiger partial charge is 0.161 e. The maximum absolute atomic E-state index is 10.2. The predicted molar refractivity (Wildman–Crippen MR) is 77.1 cm³/mol. The number of nitriles is 1. The van der Waals surface area contributed by atoms with Gasteiger partial charge in [-0.2, -0.15) is 5.26 Å². The summed E-state index contributed by atoms with van der Waals surface area (Å²) >= 11 is 5.81. The fraction of sp³-hybridized carbons (Fsp3) is 0.571. The van der Waals surface area contributed by atoms with Crippen molar-refractivity contribution in [1.29, 1.82) is 5.26 Å². The lowest BCUT2D eigenvalue weighted by atomic mass is 9.95. The first-order chi connectivity index (χ1) is 8.84. The maximum Gasteiger partial charge on any atom is 0.161 e. The van der Waals surface area contributed by atoms with Crippen molar-refractivity contribution in [2.45, 2.75) is 39.2 Å². The Morgan fingerprint density at radius 1 is 1.53 bits per heavy atom. The van der Waals surface area contributed by atoms with E-state index in [0.29, 0.717) is 23.3 Å². The molecule has 0 radical (unpaired) electrons. The number of hydrogen-bond acceptors (Lipinski definition) is 4. The van der Waals surface area contributed by atoms with Gasteiger partial charge in [-0.1, -0.05) is 25.4 Å². The molecule has 0 bridgehead atoms. The Kier molecular flexibility index (Phi) is 5.59. The molecule has 0 aliphatic heterocycles. The summed E-state index contributed by atoms with van der Waals surface area (Å²) in [6, 6.07) is 5.25. The minimum atomic E-state index is -0.793. The molecule has 1 aromatic heterocycles. The summed E-state index contributed by atoms with van der Waals surface area (Å²) in [4.78, 5) is 4.07. The summed E-state index contributed by atoms with van der Waals surface area (Å²) in [7, 11) is 0. The third-order valence-corrected chi connectivity index (χ3v) is 3.17. The summed E-state index contributed by atoms with van der Waals surface area (Å²) in [5.74, 6) is 1.11. The van der Waals surface area contributed by atoms with Crippen LogP contribution in [0.3, 0.4) is 0 Å². The minimum absolute atomic E-state index is 0.188. The van der Waals surface area contributed by atoms with Gasteiger partial charge < -0.3 is 10.4 Å². The Hall–Kier alpha value is -1.31. The highest BCUT2D eigenvalue weighted by molar-refractivity contribution is 6.31. The maximum atomic E-state index is 10.2. The molecule has 1 atom stereocenters. The molecule has 0 aromatic carbocycles. The molecule has 19 heavy (non-hydrogen) atoms. The van der Waals surface area contributed by atoms with Crippen LogP contribution in [0.5, 0.6) is 0 Å². The molecule has 0 amide bonds. The molecule has 0 aliphatic carbocycles. The Morgan fingerprint density at radius 2 is 2.21 bits per heavy atom. The number of nitrogens with zero attached hydrogens (tertiary/aromatic N) is 2. The number of hydrogen-bond donors (Lipinski definition) is 2. The van der Waals surface area contributed by atoms with Gasteiger partial charge in [0.15, 0.2) is 5.69 Å². The van der Waals surface area contributed by atoms with Crippen LogP contribution in [0.15, 0.2) is 12.1 Å². The fourth-order valence-corrected chi connectivity index (χ4v) is 1.74. The predicted octanol–water partition coefficient (Wildman–Crippen LogP) is 3.21. The largest absolute Gasteiger partial charge is 0.388 e. The number of rotatable bonds is 6. The molecule has 1 rings (SSSR count). The molecule has 1 unspecified atom stereocenters. The van der Waals surface area contributed by atoms with Gasteiger partial charge in [0.25, 0.3) is 0 Å². The van der Waals surface area contributed by atoms with Crippen LogP contribution < -0.4 is 5.32 Å². The van der Waals surface area contributed by atoms with Crippen molar-refractivity contribution in [2.75, 3.05) is 11.9 Å². The lowest BCUT2D eigenvalue weighted by Crippen LogP contribution is -2.34. The third kappa shape index (κ3) is 5.46. The van der Waals surface area contributed by atoms with E-state index < -0.39 is 5.60 Å². The average Bonchev–Trinajstić information content (AvgIpc) is 2.36. The molecule has 0 fully saturated rings. The van der Waals surface area contributed by atoms with Gasteiger partial charge in [0, 0.05) is 6.54 Å².